The van der Waals surface area contributed by atoms with Gasteiger partial charge in [0.15, 0.2) is 0 Å². The monoisotopic (exact) mass is 440 g/mol. The van der Waals surface area contributed by atoms with Crippen LogP contribution in [0.5, 0.6) is 0 Å². The van der Waals surface area contributed by atoms with Crippen molar-refractivity contribution in [3.05, 3.63) is 68.6 Å². The molecule has 1 amide bonds. The molecule has 0 N–H and O–H groups in total. The Morgan fingerprint density at radius 2 is 1.84 bits per heavy atom. The van der Waals surface area contributed by atoms with Gasteiger partial charge in [-0.25, -0.2) is 4.79 Å². The number of hydrogen-bond acceptors (Lipinski definition) is 3. The number of aryl methyl sites for hydroxylation is 2. The Morgan fingerprint density at radius 3 is 2.45 bits per heavy atom. The summed E-state index contributed by atoms with van der Waals surface area (Å²) >= 11 is 6.25. The van der Waals surface area contributed by atoms with Crippen LogP contribution in [0.1, 0.15) is 43.3 Å². The maximum absolute atomic E-state index is 13.2. The molecular weight excluding hydrogens is 412 g/mol. The lowest BCUT2D eigenvalue weighted by atomic mass is 10.0. The number of amides is 1. The highest BCUT2D eigenvalue weighted by Crippen LogP contribution is 2.34. The van der Waals surface area contributed by atoms with Gasteiger partial charge in [0, 0.05) is 34.3 Å². The summed E-state index contributed by atoms with van der Waals surface area (Å²) in [4.78, 5) is 27.5. The highest BCUT2D eigenvalue weighted by Gasteiger charge is 2.37. The van der Waals surface area contributed by atoms with E-state index < -0.39 is 5.97 Å². The van der Waals surface area contributed by atoms with E-state index in [1.807, 2.05) is 58.9 Å². The van der Waals surface area contributed by atoms with Crippen molar-refractivity contribution in [3.8, 4) is 5.69 Å². The molecule has 0 spiro atoms. The molecule has 1 aromatic heterocycles. The van der Waals surface area contributed by atoms with E-state index in [1.165, 1.54) is 7.11 Å². The van der Waals surface area contributed by atoms with Gasteiger partial charge < -0.3 is 14.2 Å². The number of hydrogen-bond donors (Lipinski definition) is 0. The van der Waals surface area contributed by atoms with Crippen LogP contribution in [-0.4, -0.2) is 35.0 Å². The summed E-state index contributed by atoms with van der Waals surface area (Å²) in [6.45, 7) is 12.5. The number of rotatable bonds is 5. The zero-order valence-electron chi connectivity index (χ0n) is 19.2. The maximum atomic E-state index is 13.2. The third-order valence-corrected chi connectivity index (χ3v) is 5.87. The largest absolute Gasteiger partial charge is 0.465 e. The van der Waals surface area contributed by atoms with Gasteiger partial charge in [0.25, 0.3) is 5.91 Å². The van der Waals surface area contributed by atoms with Gasteiger partial charge >= 0.3 is 5.97 Å². The lowest BCUT2D eigenvalue weighted by molar-refractivity contribution is -0.136. The molecule has 31 heavy (non-hydrogen) atoms. The Morgan fingerprint density at radius 1 is 1.16 bits per heavy atom. The molecule has 1 aliphatic heterocycles. The van der Waals surface area contributed by atoms with Crippen LogP contribution in [0.4, 0.5) is 0 Å². The van der Waals surface area contributed by atoms with Crippen LogP contribution >= 0.6 is 11.6 Å². The summed E-state index contributed by atoms with van der Waals surface area (Å²) < 4.78 is 7.11. The fraction of sp³-hybridized carbons (Fsp3) is 0.360. The molecule has 6 heteroatoms. The summed E-state index contributed by atoms with van der Waals surface area (Å²) in [5.41, 5.74) is 6.27. The predicted molar refractivity (Wildman–Crippen MR) is 124 cm³/mol. The summed E-state index contributed by atoms with van der Waals surface area (Å²) in [5.74, 6) is -0.397. The predicted octanol–water partition coefficient (Wildman–Crippen LogP) is 5.38. The Bertz CT molecular complexity index is 1120. The first-order valence-electron chi connectivity index (χ1n) is 10.3. The van der Waals surface area contributed by atoms with E-state index in [2.05, 4.69) is 4.57 Å². The Labute approximate surface area is 188 Å². The standard InChI is InChI=1S/C25H29ClN2O3/c1-14(2)13-27-18(6)23(25(30)31-7)21(24(27)29)11-19-10-16(4)28(17(19)5)22-12-20(26)9-8-15(22)3/h8-12,14H,13H2,1-7H3. The molecule has 0 radical (unpaired) electrons. The fourth-order valence-electron chi connectivity index (χ4n) is 4.10. The normalized spacial score (nSPS) is 15.6. The van der Waals surface area contributed by atoms with Gasteiger partial charge in [-0.1, -0.05) is 31.5 Å². The van der Waals surface area contributed by atoms with Crippen LogP contribution in [-0.2, 0) is 14.3 Å². The van der Waals surface area contributed by atoms with Crippen LogP contribution < -0.4 is 0 Å². The number of esters is 1. The van der Waals surface area contributed by atoms with Crippen molar-refractivity contribution in [3.63, 3.8) is 0 Å². The summed E-state index contributed by atoms with van der Waals surface area (Å²) in [6.07, 6.45) is 1.80. The molecule has 0 aliphatic carbocycles. The summed E-state index contributed by atoms with van der Waals surface area (Å²) in [7, 11) is 1.34. The summed E-state index contributed by atoms with van der Waals surface area (Å²) in [5, 5.41) is 0.662. The smallest absolute Gasteiger partial charge is 0.340 e. The zero-order chi connectivity index (χ0) is 23.0. The van der Waals surface area contributed by atoms with Gasteiger partial charge in [0.1, 0.15) is 0 Å². The quantitative estimate of drug-likeness (QED) is 0.463. The summed E-state index contributed by atoms with van der Waals surface area (Å²) in [6, 6.07) is 7.81. The van der Waals surface area contributed by atoms with Crippen LogP contribution in [0.15, 0.2) is 41.1 Å². The SMILES string of the molecule is COC(=O)C1=C(C)N(CC(C)C)C(=O)C1=Cc1cc(C)n(-c2cc(Cl)ccc2C)c1C. The second-order valence-electron chi connectivity index (χ2n) is 8.41. The van der Waals surface area contributed by atoms with E-state index in [0.717, 1.165) is 28.2 Å². The number of carbonyl (C=O) groups excluding carboxylic acids is 2. The first-order chi connectivity index (χ1) is 14.6. The molecule has 0 bridgehead atoms. The molecule has 2 heterocycles. The molecule has 0 saturated carbocycles. The number of nitrogens with zero attached hydrogens (tertiary/aromatic N) is 2. The second-order valence-corrected chi connectivity index (χ2v) is 8.85. The van der Waals surface area contributed by atoms with Crippen molar-refractivity contribution >= 4 is 29.6 Å². The molecular formula is C25H29ClN2O3. The molecule has 0 atom stereocenters. The van der Waals surface area contributed by atoms with E-state index in [0.29, 0.717) is 28.4 Å². The van der Waals surface area contributed by atoms with E-state index >= 15 is 0 Å². The Hall–Kier alpha value is -2.79. The molecule has 5 nitrogen and oxygen atoms in total. The molecule has 3 rings (SSSR count). The van der Waals surface area contributed by atoms with Gasteiger partial charge in [0.05, 0.1) is 18.3 Å². The molecule has 164 valence electrons. The number of aromatic nitrogens is 1. The fourth-order valence-corrected chi connectivity index (χ4v) is 4.26. The van der Waals surface area contributed by atoms with Crippen molar-refractivity contribution < 1.29 is 14.3 Å². The van der Waals surface area contributed by atoms with Gasteiger partial charge in [-0.2, -0.15) is 0 Å². The Kier molecular flexibility index (Phi) is 6.46. The van der Waals surface area contributed by atoms with Crippen LogP contribution in [0, 0.1) is 26.7 Å². The molecule has 0 unspecified atom stereocenters. The minimum absolute atomic E-state index is 0.171. The third-order valence-electron chi connectivity index (χ3n) is 5.63. The first-order valence-corrected chi connectivity index (χ1v) is 10.7. The van der Waals surface area contributed by atoms with E-state index in [1.54, 1.807) is 17.9 Å². The second kappa shape index (κ2) is 8.75. The average Bonchev–Trinajstić information content (AvgIpc) is 3.10. The van der Waals surface area contributed by atoms with Crippen LogP contribution in [0.2, 0.25) is 5.02 Å². The average molecular weight is 441 g/mol. The van der Waals surface area contributed by atoms with Crippen molar-refractivity contribution in [2.45, 2.75) is 41.5 Å². The highest BCUT2D eigenvalue weighted by molar-refractivity contribution is 6.30. The Balaban J connectivity index is 2.15. The number of allylic oxidation sites excluding steroid dienone is 1. The third kappa shape index (κ3) is 4.19. The van der Waals surface area contributed by atoms with E-state index in [9.17, 15) is 9.59 Å². The first kappa shape index (κ1) is 22.9. The zero-order valence-corrected chi connectivity index (χ0v) is 19.9. The maximum Gasteiger partial charge on any atom is 0.340 e. The minimum Gasteiger partial charge on any atom is -0.465 e. The van der Waals surface area contributed by atoms with Crippen molar-refractivity contribution in [2.24, 2.45) is 5.92 Å². The van der Waals surface area contributed by atoms with Crippen molar-refractivity contribution in [2.75, 3.05) is 13.7 Å². The molecule has 1 aromatic carbocycles. The van der Waals surface area contributed by atoms with Crippen molar-refractivity contribution in [1.29, 1.82) is 0 Å². The minimum atomic E-state index is -0.497. The lowest BCUT2D eigenvalue weighted by Crippen LogP contribution is -2.28. The van der Waals surface area contributed by atoms with Gasteiger partial charge in [0.2, 0.25) is 0 Å². The topological polar surface area (TPSA) is 51.5 Å². The molecule has 0 fully saturated rings. The number of carbonyl (C=O) groups is 2. The molecule has 2 aromatic rings. The number of ether oxygens (including phenoxy) is 1. The highest BCUT2D eigenvalue weighted by atomic mass is 35.5. The van der Waals surface area contributed by atoms with Crippen molar-refractivity contribution in [1.82, 2.24) is 9.47 Å². The van der Waals surface area contributed by atoms with E-state index in [4.69, 9.17) is 16.3 Å². The van der Waals surface area contributed by atoms with Gasteiger partial charge in [-0.3, -0.25) is 4.79 Å². The van der Waals surface area contributed by atoms with Gasteiger partial charge in [-0.15, -0.1) is 0 Å². The lowest BCUT2D eigenvalue weighted by Gasteiger charge is -2.19. The number of methoxy groups -OCH3 is 1. The van der Waals surface area contributed by atoms with Gasteiger partial charge in [-0.05, 0) is 69.0 Å². The van der Waals surface area contributed by atoms with Crippen LogP contribution in [0.3, 0.4) is 0 Å². The number of halogens is 1. The molecule has 0 saturated heterocycles. The molecule has 1 aliphatic rings. The van der Waals surface area contributed by atoms with E-state index in [-0.39, 0.29) is 11.8 Å². The number of benzene rings is 1. The van der Waals surface area contributed by atoms with Crippen LogP contribution in [0.25, 0.3) is 11.8 Å².